The Morgan fingerprint density at radius 1 is 1.48 bits per heavy atom. The third kappa shape index (κ3) is 6.41. The monoisotopic (exact) mass is 357 g/mol. The molecule has 0 aromatic carbocycles. The van der Waals surface area contributed by atoms with Gasteiger partial charge in [0.15, 0.2) is 5.82 Å². The summed E-state index contributed by atoms with van der Waals surface area (Å²) in [5.41, 5.74) is -0.225. The molecule has 1 saturated carbocycles. The minimum absolute atomic E-state index is 0.0573. The second-order valence-electron chi connectivity index (χ2n) is 7.16. The number of hydrogen-bond acceptors (Lipinski definition) is 4. The molecule has 0 aliphatic heterocycles. The van der Waals surface area contributed by atoms with Gasteiger partial charge in [-0.1, -0.05) is 0 Å². The molecule has 1 amide bonds. The number of alkyl halides is 2. The van der Waals surface area contributed by atoms with Crippen LogP contribution >= 0.6 is 0 Å². The zero-order valence-corrected chi connectivity index (χ0v) is 14.7. The molecule has 1 fully saturated rings. The van der Waals surface area contributed by atoms with E-state index in [1.54, 1.807) is 19.9 Å². The van der Waals surface area contributed by atoms with E-state index < -0.39 is 17.4 Å². The Labute approximate surface area is 145 Å². The largest absolute Gasteiger partial charge is 0.389 e. The highest BCUT2D eigenvalue weighted by atomic mass is 19.3. The Kier molecular flexibility index (Phi) is 5.76. The molecule has 0 bridgehead atoms. The number of amides is 1. The van der Waals surface area contributed by atoms with Crippen LogP contribution in [0.15, 0.2) is 11.1 Å². The van der Waals surface area contributed by atoms with Gasteiger partial charge in [-0.05, 0) is 33.6 Å². The highest BCUT2D eigenvalue weighted by Gasteiger charge is 2.37. The summed E-state index contributed by atoms with van der Waals surface area (Å²) in [5.74, 6) is -2.92. The fourth-order valence-electron chi connectivity index (χ4n) is 2.51. The van der Waals surface area contributed by atoms with Crippen LogP contribution in [0.25, 0.3) is 0 Å². The second-order valence-corrected chi connectivity index (χ2v) is 7.16. The van der Waals surface area contributed by atoms with Gasteiger partial charge < -0.3 is 10.4 Å². The predicted molar refractivity (Wildman–Crippen MR) is 90.6 cm³/mol. The first kappa shape index (κ1) is 19.3. The standard InChI is InChI=1S/C16H25F2N5O2/c1-10-8-12(23-22-10)20-14(19-9-15(2,3)25)21-13(24)11-4-6-16(17,18)7-5-11/h8,11,25H,4-7,9H2,1-3H3,(H3,19,20,21,22,23,24). The lowest BCUT2D eigenvalue weighted by molar-refractivity contribution is -0.127. The van der Waals surface area contributed by atoms with Gasteiger partial charge in [-0.3, -0.25) is 15.2 Å². The van der Waals surface area contributed by atoms with E-state index in [0.717, 1.165) is 5.69 Å². The summed E-state index contributed by atoms with van der Waals surface area (Å²) in [7, 11) is 0. The Morgan fingerprint density at radius 2 is 2.12 bits per heavy atom. The van der Waals surface area contributed by atoms with E-state index >= 15 is 0 Å². The number of aliphatic imine (C=N–C) groups is 1. The number of H-pyrrole nitrogens is 1. The van der Waals surface area contributed by atoms with Crippen LogP contribution in [0.2, 0.25) is 0 Å². The van der Waals surface area contributed by atoms with Crippen LogP contribution in [0.5, 0.6) is 0 Å². The van der Waals surface area contributed by atoms with Gasteiger partial charge in [-0.25, -0.2) is 13.8 Å². The Balaban J connectivity index is 2.03. The minimum Gasteiger partial charge on any atom is -0.389 e. The molecule has 1 aromatic heterocycles. The van der Waals surface area contributed by atoms with Crippen molar-refractivity contribution in [2.24, 2.45) is 10.9 Å². The van der Waals surface area contributed by atoms with Crippen molar-refractivity contribution >= 4 is 17.7 Å². The number of carbonyl (C=O) groups is 1. The Morgan fingerprint density at radius 3 is 2.64 bits per heavy atom. The first-order valence-electron chi connectivity index (χ1n) is 8.29. The zero-order chi connectivity index (χ0) is 18.7. The van der Waals surface area contributed by atoms with E-state index in [2.05, 4.69) is 25.8 Å². The number of aromatic amines is 1. The van der Waals surface area contributed by atoms with Crippen LogP contribution in [0, 0.1) is 12.8 Å². The molecule has 2 rings (SSSR count). The number of hydrogen-bond donors (Lipinski definition) is 4. The van der Waals surface area contributed by atoms with Gasteiger partial charge in [-0.15, -0.1) is 0 Å². The van der Waals surface area contributed by atoms with Gasteiger partial charge in [0.2, 0.25) is 17.8 Å². The highest BCUT2D eigenvalue weighted by molar-refractivity contribution is 6.04. The number of aliphatic hydroxyl groups is 1. The van der Waals surface area contributed by atoms with E-state index in [1.165, 1.54) is 0 Å². The average molecular weight is 357 g/mol. The molecule has 0 spiro atoms. The van der Waals surface area contributed by atoms with Gasteiger partial charge in [0.05, 0.1) is 12.1 Å². The van der Waals surface area contributed by atoms with Crippen molar-refractivity contribution < 1.29 is 18.7 Å². The molecular weight excluding hydrogens is 332 g/mol. The van der Waals surface area contributed by atoms with E-state index in [0.29, 0.717) is 5.82 Å². The lowest BCUT2D eigenvalue weighted by Gasteiger charge is -2.27. The van der Waals surface area contributed by atoms with Gasteiger partial charge in [0.25, 0.3) is 0 Å². The first-order chi connectivity index (χ1) is 11.5. The molecule has 140 valence electrons. The molecule has 25 heavy (non-hydrogen) atoms. The summed E-state index contributed by atoms with van der Waals surface area (Å²) in [6.45, 7) is 5.07. The van der Waals surface area contributed by atoms with Crippen molar-refractivity contribution in [2.75, 3.05) is 11.9 Å². The molecule has 0 unspecified atom stereocenters. The average Bonchev–Trinajstić information content (AvgIpc) is 2.89. The SMILES string of the molecule is Cc1cc(NC(=NCC(C)(C)O)NC(=O)C2CCC(F)(F)CC2)n[nH]1. The number of nitrogens with zero attached hydrogens (tertiary/aromatic N) is 2. The number of aromatic nitrogens is 2. The number of rotatable bonds is 4. The maximum Gasteiger partial charge on any atom is 0.248 e. The summed E-state index contributed by atoms with van der Waals surface area (Å²) in [5, 5.41) is 22.1. The summed E-state index contributed by atoms with van der Waals surface area (Å²) in [6.07, 6.45) is -0.293. The Bertz CT molecular complexity index is 627. The van der Waals surface area contributed by atoms with E-state index in [4.69, 9.17) is 0 Å². The van der Waals surface area contributed by atoms with E-state index in [1.807, 2.05) is 6.92 Å². The minimum atomic E-state index is -2.68. The van der Waals surface area contributed by atoms with Gasteiger partial charge in [-0.2, -0.15) is 5.10 Å². The number of nitrogens with one attached hydrogen (secondary N) is 3. The molecule has 0 radical (unpaired) electrons. The lowest BCUT2D eigenvalue weighted by atomic mass is 9.86. The van der Waals surface area contributed by atoms with Crippen molar-refractivity contribution in [1.82, 2.24) is 15.5 Å². The zero-order valence-electron chi connectivity index (χ0n) is 14.7. The Hall–Kier alpha value is -2.03. The first-order valence-corrected chi connectivity index (χ1v) is 8.29. The topological polar surface area (TPSA) is 102 Å². The summed E-state index contributed by atoms with van der Waals surface area (Å²) in [6, 6.07) is 1.73. The molecule has 9 heteroatoms. The number of carbonyl (C=O) groups excluding carboxylic acids is 1. The third-order valence-corrected chi connectivity index (χ3v) is 3.91. The van der Waals surface area contributed by atoms with Crippen molar-refractivity contribution in [2.45, 2.75) is 58.0 Å². The summed E-state index contributed by atoms with van der Waals surface area (Å²) >= 11 is 0. The van der Waals surface area contributed by atoms with Crippen LogP contribution in [0.1, 0.15) is 45.2 Å². The highest BCUT2D eigenvalue weighted by Crippen LogP contribution is 2.36. The molecular formula is C16H25F2N5O2. The molecule has 0 atom stereocenters. The van der Waals surface area contributed by atoms with Crippen LogP contribution in [-0.2, 0) is 4.79 Å². The molecule has 1 aromatic rings. The van der Waals surface area contributed by atoms with E-state index in [-0.39, 0.29) is 44.1 Å². The predicted octanol–water partition coefficient (Wildman–Crippen LogP) is 2.20. The molecule has 0 saturated heterocycles. The van der Waals surface area contributed by atoms with Crippen molar-refractivity contribution in [3.8, 4) is 0 Å². The molecule has 1 aliphatic rings. The number of guanidine groups is 1. The molecule has 7 nitrogen and oxygen atoms in total. The molecule has 4 N–H and O–H groups in total. The van der Waals surface area contributed by atoms with Crippen LogP contribution < -0.4 is 10.6 Å². The van der Waals surface area contributed by atoms with E-state index in [9.17, 15) is 18.7 Å². The number of aryl methyl sites for hydroxylation is 1. The van der Waals surface area contributed by atoms with Crippen molar-refractivity contribution in [3.05, 3.63) is 11.8 Å². The lowest BCUT2D eigenvalue weighted by Crippen LogP contribution is -2.42. The van der Waals surface area contributed by atoms with Crippen molar-refractivity contribution in [3.63, 3.8) is 0 Å². The fourth-order valence-corrected chi connectivity index (χ4v) is 2.51. The third-order valence-electron chi connectivity index (χ3n) is 3.91. The maximum atomic E-state index is 13.2. The molecule has 1 heterocycles. The van der Waals surface area contributed by atoms with Crippen LogP contribution in [-0.4, -0.2) is 45.2 Å². The quantitative estimate of drug-likeness (QED) is 0.490. The smallest absolute Gasteiger partial charge is 0.248 e. The number of anilines is 1. The van der Waals surface area contributed by atoms with Gasteiger partial charge in [0, 0.05) is 30.5 Å². The summed E-state index contributed by atoms with van der Waals surface area (Å²) in [4.78, 5) is 16.6. The number of halogens is 2. The second kappa shape index (κ2) is 7.47. The van der Waals surface area contributed by atoms with Crippen molar-refractivity contribution in [1.29, 1.82) is 0 Å². The molecule has 1 aliphatic carbocycles. The van der Waals surface area contributed by atoms with Gasteiger partial charge >= 0.3 is 0 Å². The normalized spacial score (nSPS) is 18.9. The maximum absolute atomic E-state index is 13.2. The van der Waals surface area contributed by atoms with Gasteiger partial charge in [0.1, 0.15) is 0 Å². The fraction of sp³-hybridized carbons (Fsp3) is 0.688. The summed E-state index contributed by atoms with van der Waals surface area (Å²) < 4.78 is 26.5. The van der Waals surface area contributed by atoms with Crippen LogP contribution in [0.3, 0.4) is 0 Å². The van der Waals surface area contributed by atoms with Crippen LogP contribution in [0.4, 0.5) is 14.6 Å².